The van der Waals surface area contributed by atoms with Crippen molar-refractivity contribution >= 4 is 0 Å². The Hall–Kier alpha value is -1.86. The van der Waals surface area contributed by atoms with Crippen LogP contribution in [0.2, 0.25) is 0 Å². The van der Waals surface area contributed by atoms with Gasteiger partial charge in [-0.05, 0) is 13.0 Å². The van der Waals surface area contributed by atoms with Crippen molar-refractivity contribution in [3.05, 3.63) is 24.0 Å². The zero-order valence-electron chi connectivity index (χ0n) is 10.3. The Morgan fingerprint density at radius 3 is 3.00 bits per heavy atom. The molecular formula is C11H15N5O2. The maximum atomic E-state index is 5.81. The molecule has 0 radical (unpaired) electrons. The first kappa shape index (κ1) is 12.6. The minimum atomic E-state index is -0.157. The fourth-order valence-corrected chi connectivity index (χ4v) is 1.52. The third-order valence-corrected chi connectivity index (χ3v) is 2.29. The van der Waals surface area contributed by atoms with Gasteiger partial charge in [0.15, 0.2) is 0 Å². The number of nitrogens with two attached hydrogens (primary N) is 1. The van der Waals surface area contributed by atoms with Crippen molar-refractivity contribution in [1.82, 2.24) is 20.1 Å². The number of nitrogens with zero attached hydrogens (tertiary/aromatic N) is 4. The van der Waals surface area contributed by atoms with Gasteiger partial charge >= 0.3 is 0 Å². The van der Waals surface area contributed by atoms with Crippen LogP contribution in [0.1, 0.15) is 11.7 Å². The molecule has 0 saturated carbocycles. The van der Waals surface area contributed by atoms with E-state index in [0.717, 1.165) is 0 Å². The SMILES string of the molecule is COCC(N)Cc1nc(-c2ccnc(C)n2)no1. The average Bonchev–Trinajstić information content (AvgIpc) is 2.78. The molecule has 2 aromatic rings. The highest BCUT2D eigenvalue weighted by Gasteiger charge is 2.13. The van der Waals surface area contributed by atoms with Gasteiger partial charge in [-0.3, -0.25) is 0 Å². The normalized spacial score (nSPS) is 12.6. The van der Waals surface area contributed by atoms with E-state index in [4.69, 9.17) is 15.0 Å². The van der Waals surface area contributed by atoms with Gasteiger partial charge in [0, 0.05) is 25.8 Å². The highest BCUT2D eigenvalue weighted by molar-refractivity contribution is 5.46. The Morgan fingerprint density at radius 2 is 2.28 bits per heavy atom. The Morgan fingerprint density at radius 1 is 1.44 bits per heavy atom. The van der Waals surface area contributed by atoms with E-state index in [0.29, 0.717) is 36.3 Å². The molecule has 0 spiro atoms. The maximum absolute atomic E-state index is 5.81. The molecule has 0 bridgehead atoms. The molecule has 7 heteroatoms. The smallest absolute Gasteiger partial charge is 0.228 e. The summed E-state index contributed by atoms with van der Waals surface area (Å²) in [6, 6.07) is 1.58. The van der Waals surface area contributed by atoms with E-state index in [1.54, 1.807) is 26.3 Å². The third kappa shape index (κ3) is 3.08. The fourth-order valence-electron chi connectivity index (χ4n) is 1.52. The van der Waals surface area contributed by atoms with Crippen LogP contribution in [0, 0.1) is 6.92 Å². The molecule has 0 fully saturated rings. The number of rotatable bonds is 5. The predicted octanol–water partition coefficient (Wildman–Crippen LogP) is 0.351. The highest BCUT2D eigenvalue weighted by atomic mass is 16.5. The van der Waals surface area contributed by atoms with Crippen LogP contribution in [-0.4, -0.2) is 39.9 Å². The Balaban J connectivity index is 2.10. The van der Waals surface area contributed by atoms with E-state index in [9.17, 15) is 0 Å². The average molecular weight is 249 g/mol. The Bertz CT molecular complexity index is 514. The molecule has 0 aliphatic rings. The molecule has 0 aliphatic carbocycles. The monoisotopic (exact) mass is 249 g/mol. The summed E-state index contributed by atoms with van der Waals surface area (Å²) in [4.78, 5) is 12.5. The van der Waals surface area contributed by atoms with Gasteiger partial charge < -0.3 is 15.0 Å². The van der Waals surface area contributed by atoms with Gasteiger partial charge in [-0.15, -0.1) is 0 Å². The molecule has 96 valence electrons. The van der Waals surface area contributed by atoms with E-state index in [1.165, 1.54) is 0 Å². The first-order valence-electron chi connectivity index (χ1n) is 5.56. The summed E-state index contributed by atoms with van der Waals surface area (Å²) < 4.78 is 10.1. The molecule has 2 heterocycles. The van der Waals surface area contributed by atoms with Crippen LogP contribution in [-0.2, 0) is 11.2 Å². The number of aromatic nitrogens is 4. The second-order valence-corrected chi connectivity index (χ2v) is 3.92. The molecular weight excluding hydrogens is 234 g/mol. The Labute approximate surface area is 104 Å². The van der Waals surface area contributed by atoms with Crippen LogP contribution in [0.25, 0.3) is 11.5 Å². The first-order valence-corrected chi connectivity index (χ1v) is 5.56. The summed E-state index contributed by atoms with van der Waals surface area (Å²) >= 11 is 0. The standard InChI is InChI=1S/C11H15N5O2/c1-7-13-4-3-9(14-7)11-15-10(18-16-11)5-8(12)6-17-2/h3-4,8H,5-6,12H2,1-2H3. The van der Waals surface area contributed by atoms with Crippen molar-refractivity contribution in [2.75, 3.05) is 13.7 Å². The van der Waals surface area contributed by atoms with Gasteiger partial charge in [-0.2, -0.15) is 4.98 Å². The highest BCUT2D eigenvalue weighted by Crippen LogP contribution is 2.12. The van der Waals surface area contributed by atoms with Crippen molar-refractivity contribution in [1.29, 1.82) is 0 Å². The van der Waals surface area contributed by atoms with Crippen LogP contribution in [0.3, 0.4) is 0 Å². The molecule has 1 unspecified atom stereocenters. The van der Waals surface area contributed by atoms with Gasteiger partial charge in [0.25, 0.3) is 0 Å². The third-order valence-electron chi connectivity index (χ3n) is 2.29. The molecule has 7 nitrogen and oxygen atoms in total. The topological polar surface area (TPSA) is 100.0 Å². The van der Waals surface area contributed by atoms with Crippen LogP contribution in [0.5, 0.6) is 0 Å². The number of hydrogen-bond acceptors (Lipinski definition) is 7. The van der Waals surface area contributed by atoms with Crippen LogP contribution < -0.4 is 5.73 Å². The molecule has 0 aliphatic heterocycles. The van der Waals surface area contributed by atoms with E-state index in [-0.39, 0.29) is 6.04 Å². The van der Waals surface area contributed by atoms with Crippen molar-refractivity contribution in [3.63, 3.8) is 0 Å². The summed E-state index contributed by atoms with van der Waals surface area (Å²) in [5.74, 6) is 1.58. The zero-order chi connectivity index (χ0) is 13.0. The summed E-state index contributed by atoms with van der Waals surface area (Å²) in [5.41, 5.74) is 6.45. The van der Waals surface area contributed by atoms with Gasteiger partial charge in [-0.1, -0.05) is 5.16 Å². The van der Waals surface area contributed by atoms with Crippen LogP contribution in [0.15, 0.2) is 16.8 Å². The first-order chi connectivity index (χ1) is 8.69. The van der Waals surface area contributed by atoms with Crippen LogP contribution in [0.4, 0.5) is 0 Å². The van der Waals surface area contributed by atoms with Gasteiger partial charge in [0.1, 0.15) is 11.5 Å². The van der Waals surface area contributed by atoms with E-state index in [1.807, 2.05) is 0 Å². The van der Waals surface area contributed by atoms with E-state index >= 15 is 0 Å². The second kappa shape index (κ2) is 5.65. The minimum absolute atomic E-state index is 0.157. The number of ether oxygens (including phenoxy) is 1. The molecule has 2 N–H and O–H groups in total. The lowest BCUT2D eigenvalue weighted by Crippen LogP contribution is -2.28. The van der Waals surface area contributed by atoms with Gasteiger partial charge in [0.05, 0.1) is 6.61 Å². The number of aryl methyl sites for hydroxylation is 1. The number of hydrogen-bond donors (Lipinski definition) is 1. The van der Waals surface area contributed by atoms with Crippen molar-refractivity contribution in [3.8, 4) is 11.5 Å². The summed E-state index contributed by atoms with van der Waals surface area (Å²) in [6.07, 6.45) is 2.13. The molecule has 1 atom stereocenters. The Kier molecular flexibility index (Phi) is 3.96. The molecule has 0 aromatic carbocycles. The summed E-state index contributed by atoms with van der Waals surface area (Å²) in [5, 5.41) is 3.87. The van der Waals surface area contributed by atoms with Crippen LogP contribution >= 0.6 is 0 Å². The van der Waals surface area contributed by atoms with E-state index in [2.05, 4.69) is 20.1 Å². The molecule has 18 heavy (non-hydrogen) atoms. The largest absolute Gasteiger partial charge is 0.383 e. The van der Waals surface area contributed by atoms with Gasteiger partial charge in [-0.25, -0.2) is 9.97 Å². The van der Waals surface area contributed by atoms with Crippen molar-refractivity contribution < 1.29 is 9.26 Å². The van der Waals surface area contributed by atoms with Crippen molar-refractivity contribution in [2.24, 2.45) is 5.73 Å². The molecule has 2 rings (SSSR count). The second-order valence-electron chi connectivity index (χ2n) is 3.92. The van der Waals surface area contributed by atoms with E-state index < -0.39 is 0 Å². The zero-order valence-corrected chi connectivity index (χ0v) is 10.3. The molecule has 0 amide bonds. The van der Waals surface area contributed by atoms with Gasteiger partial charge in [0.2, 0.25) is 11.7 Å². The quantitative estimate of drug-likeness (QED) is 0.816. The lowest BCUT2D eigenvalue weighted by molar-refractivity contribution is 0.176. The lowest BCUT2D eigenvalue weighted by atomic mass is 10.2. The predicted molar refractivity (Wildman–Crippen MR) is 63.6 cm³/mol. The molecule has 0 saturated heterocycles. The number of methoxy groups -OCH3 is 1. The maximum Gasteiger partial charge on any atom is 0.228 e. The molecule has 2 aromatic heterocycles. The summed E-state index contributed by atoms with van der Waals surface area (Å²) in [7, 11) is 1.60. The van der Waals surface area contributed by atoms with Crippen molar-refractivity contribution in [2.45, 2.75) is 19.4 Å². The summed E-state index contributed by atoms with van der Waals surface area (Å²) in [6.45, 7) is 2.25. The minimum Gasteiger partial charge on any atom is -0.383 e. The lowest BCUT2D eigenvalue weighted by Gasteiger charge is -2.05. The fraction of sp³-hybridized carbons (Fsp3) is 0.455.